The molecule has 0 bridgehead atoms. The molecule has 0 saturated heterocycles. The number of unbranched alkanes of at least 4 members (excludes halogenated alkanes) is 2. The number of H-pyrrole nitrogens is 1. The summed E-state index contributed by atoms with van der Waals surface area (Å²) in [6.07, 6.45) is 3.65. The minimum absolute atomic E-state index is 0.0587. The fourth-order valence-electron chi connectivity index (χ4n) is 2.42. The molecule has 0 radical (unpaired) electrons. The lowest BCUT2D eigenvalue weighted by Gasteiger charge is -2.12. The Balaban J connectivity index is 2.11. The molecule has 2 aromatic rings. The van der Waals surface area contributed by atoms with Crippen LogP contribution in [0.4, 0.5) is 0 Å². The van der Waals surface area contributed by atoms with Gasteiger partial charge < -0.3 is 5.32 Å². The molecule has 6 nitrogen and oxygen atoms in total. The summed E-state index contributed by atoms with van der Waals surface area (Å²) in [7, 11) is 0. The number of rotatable bonds is 6. The summed E-state index contributed by atoms with van der Waals surface area (Å²) in [6, 6.07) is 1.47. The van der Waals surface area contributed by atoms with Crippen molar-refractivity contribution in [3.63, 3.8) is 0 Å². The molecule has 0 spiro atoms. The normalized spacial score (nSPS) is 11.0. The van der Waals surface area contributed by atoms with E-state index in [1.54, 1.807) is 4.52 Å². The predicted molar refractivity (Wildman–Crippen MR) is 81.3 cm³/mol. The number of nitrogens with one attached hydrogen (secondary N) is 2. The zero-order valence-electron chi connectivity index (χ0n) is 12.8. The van der Waals surface area contributed by atoms with Crippen molar-refractivity contribution in [2.45, 2.75) is 53.0 Å². The molecule has 0 aliphatic rings. The van der Waals surface area contributed by atoms with Gasteiger partial charge in [-0.25, -0.2) is 9.50 Å². The van der Waals surface area contributed by atoms with E-state index in [1.807, 2.05) is 13.8 Å². The van der Waals surface area contributed by atoms with Crippen LogP contribution in [0.2, 0.25) is 0 Å². The van der Waals surface area contributed by atoms with Crippen molar-refractivity contribution in [1.29, 1.82) is 0 Å². The minimum Gasteiger partial charge on any atom is -0.352 e. The van der Waals surface area contributed by atoms with Crippen LogP contribution in [0, 0.1) is 13.8 Å². The molecule has 6 heteroatoms. The van der Waals surface area contributed by atoms with Gasteiger partial charge in [-0.15, -0.1) is 0 Å². The predicted octanol–water partition coefficient (Wildman–Crippen LogP) is 1.84. The molecule has 0 aliphatic heterocycles. The van der Waals surface area contributed by atoms with Gasteiger partial charge in [0, 0.05) is 36.0 Å². The van der Waals surface area contributed by atoms with Crippen molar-refractivity contribution in [3.05, 3.63) is 33.4 Å². The topological polar surface area (TPSA) is 79.3 Å². The summed E-state index contributed by atoms with van der Waals surface area (Å²) in [6.45, 7) is 6.36. The van der Waals surface area contributed by atoms with Crippen LogP contribution in [0.3, 0.4) is 0 Å². The van der Waals surface area contributed by atoms with E-state index in [4.69, 9.17) is 0 Å². The maximum atomic E-state index is 11.8. The van der Waals surface area contributed by atoms with Crippen LogP contribution in [0.15, 0.2) is 10.9 Å². The number of hydrogen-bond acceptors (Lipinski definition) is 3. The quantitative estimate of drug-likeness (QED) is 0.797. The largest absolute Gasteiger partial charge is 0.352 e. The zero-order chi connectivity index (χ0) is 15.4. The van der Waals surface area contributed by atoms with Gasteiger partial charge in [0.15, 0.2) is 5.65 Å². The van der Waals surface area contributed by atoms with Crippen LogP contribution in [0.25, 0.3) is 5.65 Å². The summed E-state index contributed by atoms with van der Waals surface area (Å²) in [5, 5.41) is 5.64. The van der Waals surface area contributed by atoms with E-state index in [9.17, 15) is 9.59 Å². The molecular weight excluding hydrogens is 268 g/mol. The third-order valence-corrected chi connectivity index (χ3v) is 3.67. The van der Waals surface area contributed by atoms with E-state index in [0.29, 0.717) is 18.6 Å². The van der Waals surface area contributed by atoms with Gasteiger partial charge in [-0.3, -0.25) is 14.7 Å². The molecule has 2 heterocycles. The SMILES string of the molecule is CCCCCC(=O)NCc1c(C)nc2cc(=O)[nH]n2c1C. The smallest absolute Gasteiger partial charge is 0.266 e. The number of hydrogen-bond donors (Lipinski definition) is 2. The molecule has 1 amide bonds. The molecule has 114 valence electrons. The highest BCUT2D eigenvalue weighted by Crippen LogP contribution is 2.13. The molecule has 0 unspecified atom stereocenters. The number of fused-ring (bicyclic) bond motifs is 1. The van der Waals surface area contributed by atoms with Crippen molar-refractivity contribution in [2.24, 2.45) is 0 Å². The Morgan fingerprint density at radius 3 is 2.86 bits per heavy atom. The number of carbonyl (C=O) groups excluding carboxylic acids is 1. The van der Waals surface area contributed by atoms with Crippen LogP contribution < -0.4 is 10.9 Å². The molecule has 0 fully saturated rings. The molecular formula is C15H22N4O2. The maximum absolute atomic E-state index is 11.8. The van der Waals surface area contributed by atoms with Gasteiger partial charge in [-0.2, -0.15) is 0 Å². The van der Waals surface area contributed by atoms with Crippen LogP contribution in [-0.4, -0.2) is 20.5 Å². The molecule has 2 rings (SSSR count). The first-order valence-electron chi connectivity index (χ1n) is 7.37. The Morgan fingerprint density at radius 1 is 1.38 bits per heavy atom. The van der Waals surface area contributed by atoms with Gasteiger partial charge in [0.2, 0.25) is 5.91 Å². The van der Waals surface area contributed by atoms with Gasteiger partial charge in [0.05, 0.1) is 0 Å². The van der Waals surface area contributed by atoms with Crippen molar-refractivity contribution in [3.8, 4) is 0 Å². The molecule has 0 aliphatic carbocycles. The van der Waals surface area contributed by atoms with Gasteiger partial charge in [0.25, 0.3) is 5.56 Å². The van der Waals surface area contributed by atoms with Crippen LogP contribution >= 0.6 is 0 Å². The van der Waals surface area contributed by atoms with E-state index in [0.717, 1.165) is 36.2 Å². The zero-order valence-corrected chi connectivity index (χ0v) is 12.8. The summed E-state index contributed by atoms with van der Waals surface area (Å²) in [5.74, 6) is 0.0587. The van der Waals surface area contributed by atoms with E-state index in [2.05, 4.69) is 22.3 Å². The summed E-state index contributed by atoms with van der Waals surface area (Å²) >= 11 is 0. The first-order chi connectivity index (χ1) is 10.0. The van der Waals surface area contributed by atoms with Crippen molar-refractivity contribution in [1.82, 2.24) is 19.9 Å². The fraction of sp³-hybridized carbons (Fsp3) is 0.533. The summed E-state index contributed by atoms with van der Waals surface area (Å²) in [4.78, 5) is 27.6. The van der Waals surface area contributed by atoms with Gasteiger partial charge in [-0.1, -0.05) is 19.8 Å². The highest BCUT2D eigenvalue weighted by Gasteiger charge is 2.11. The number of nitrogens with zero attached hydrogens (tertiary/aromatic N) is 2. The average molecular weight is 290 g/mol. The van der Waals surface area contributed by atoms with Gasteiger partial charge in [0.1, 0.15) is 0 Å². The first kappa shape index (κ1) is 15.3. The second-order valence-corrected chi connectivity index (χ2v) is 5.31. The van der Waals surface area contributed by atoms with E-state index < -0.39 is 0 Å². The Kier molecular flexibility index (Phi) is 4.77. The van der Waals surface area contributed by atoms with Crippen molar-refractivity contribution in [2.75, 3.05) is 0 Å². The monoisotopic (exact) mass is 290 g/mol. The molecule has 0 aromatic carbocycles. The molecule has 21 heavy (non-hydrogen) atoms. The third kappa shape index (κ3) is 3.51. The van der Waals surface area contributed by atoms with E-state index >= 15 is 0 Å². The lowest BCUT2D eigenvalue weighted by atomic mass is 10.1. The fourth-order valence-corrected chi connectivity index (χ4v) is 2.42. The highest BCUT2D eigenvalue weighted by molar-refractivity contribution is 5.75. The third-order valence-electron chi connectivity index (χ3n) is 3.67. The number of aromatic nitrogens is 3. The second-order valence-electron chi connectivity index (χ2n) is 5.31. The lowest BCUT2D eigenvalue weighted by molar-refractivity contribution is -0.121. The van der Waals surface area contributed by atoms with Gasteiger partial charge >= 0.3 is 0 Å². The van der Waals surface area contributed by atoms with E-state index in [1.165, 1.54) is 6.07 Å². The number of amides is 1. The number of aryl methyl sites for hydroxylation is 2. The average Bonchev–Trinajstić information content (AvgIpc) is 2.79. The Bertz CT molecular complexity index is 699. The van der Waals surface area contributed by atoms with Crippen molar-refractivity contribution < 1.29 is 4.79 Å². The van der Waals surface area contributed by atoms with Crippen LogP contribution in [0.5, 0.6) is 0 Å². The van der Waals surface area contributed by atoms with Gasteiger partial charge in [-0.05, 0) is 20.3 Å². The Hall–Kier alpha value is -2.11. The number of aromatic amines is 1. The molecule has 0 saturated carbocycles. The highest BCUT2D eigenvalue weighted by atomic mass is 16.1. The lowest BCUT2D eigenvalue weighted by Crippen LogP contribution is -2.24. The first-order valence-corrected chi connectivity index (χ1v) is 7.37. The van der Waals surface area contributed by atoms with Crippen LogP contribution in [-0.2, 0) is 11.3 Å². The molecule has 2 aromatic heterocycles. The summed E-state index contributed by atoms with van der Waals surface area (Å²) in [5.41, 5.74) is 3.10. The number of carbonyl (C=O) groups is 1. The standard InChI is InChI=1S/C15H22N4O2/c1-4-5-6-7-14(20)16-9-12-10(2)17-13-8-15(21)18-19(13)11(12)3/h8H,4-7,9H2,1-3H3,(H,16,20)(H,18,21). The molecule has 0 atom stereocenters. The summed E-state index contributed by atoms with van der Waals surface area (Å²) < 4.78 is 1.66. The molecule has 2 N–H and O–H groups in total. The Labute approximate surface area is 123 Å². The second kappa shape index (κ2) is 6.56. The maximum Gasteiger partial charge on any atom is 0.266 e. The van der Waals surface area contributed by atoms with Crippen molar-refractivity contribution >= 4 is 11.6 Å². The minimum atomic E-state index is -0.175. The Morgan fingerprint density at radius 2 is 2.14 bits per heavy atom. The van der Waals surface area contributed by atoms with Crippen LogP contribution in [0.1, 0.15) is 49.6 Å². The van der Waals surface area contributed by atoms with E-state index in [-0.39, 0.29) is 11.5 Å².